The number of unbranched alkanes of at least 4 members (excludes halogenated alkanes) is 1. The van der Waals surface area contributed by atoms with Crippen molar-refractivity contribution in [2.75, 3.05) is 33.1 Å². The van der Waals surface area contributed by atoms with Gasteiger partial charge in [0, 0.05) is 26.1 Å². The molecule has 0 aliphatic carbocycles. The Labute approximate surface area is 168 Å². The van der Waals surface area contributed by atoms with Gasteiger partial charge in [-0.05, 0) is 44.2 Å². The molecule has 0 aromatic heterocycles. The summed E-state index contributed by atoms with van der Waals surface area (Å²) >= 11 is 0. The van der Waals surface area contributed by atoms with E-state index in [0.717, 1.165) is 36.8 Å². The van der Waals surface area contributed by atoms with Crippen LogP contribution in [0.15, 0.2) is 24.3 Å². The molecule has 1 aromatic rings. The number of likely N-dealkylation sites (tertiary alicyclic amines) is 1. The van der Waals surface area contributed by atoms with Crippen molar-refractivity contribution in [2.24, 2.45) is 0 Å². The standard InChI is InChI=1S/C20H32N2O5S/c1-16-9-4-5-11-19(16)27-14-7-6-12-20(23)22-13-8-10-17(18(22)15-26-2)21-28(3,24)25/h4-5,9,11,17-18,21H,6-8,10,12-15H2,1-3H3/t17-,18?/m0/s1. The highest BCUT2D eigenvalue weighted by atomic mass is 32.2. The lowest BCUT2D eigenvalue weighted by Crippen LogP contribution is -2.58. The SMILES string of the molecule is COCC1[C@@H](NS(C)(=O)=O)CCCN1C(=O)CCCCOc1ccccc1C. The van der Waals surface area contributed by atoms with Crippen LogP contribution in [0.4, 0.5) is 0 Å². The summed E-state index contributed by atoms with van der Waals surface area (Å²) in [4.78, 5) is 14.5. The second-order valence-corrected chi connectivity index (χ2v) is 9.10. The quantitative estimate of drug-likeness (QED) is 0.595. The van der Waals surface area contributed by atoms with Crippen LogP contribution in [0.3, 0.4) is 0 Å². The summed E-state index contributed by atoms with van der Waals surface area (Å²) in [6.45, 7) is 3.52. The maximum Gasteiger partial charge on any atom is 0.222 e. The highest BCUT2D eigenvalue weighted by Gasteiger charge is 2.35. The summed E-state index contributed by atoms with van der Waals surface area (Å²) in [5.74, 6) is 0.914. The number of hydrogen-bond acceptors (Lipinski definition) is 5. The van der Waals surface area contributed by atoms with Crippen LogP contribution in [0, 0.1) is 6.92 Å². The summed E-state index contributed by atoms with van der Waals surface area (Å²) in [6.07, 6.45) is 4.55. The number of aryl methyl sites for hydroxylation is 1. The van der Waals surface area contributed by atoms with E-state index < -0.39 is 10.0 Å². The third-order valence-corrected chi connectivity index (χ3v) is 5.67. The van der Waals surface area contributed by atoms with Crippen LogP contribution >= 0.6 is 0 Å². The molecule has 0 radical (unpaired) electrons. The van der Waals surface area contributed by atoms with Crippen molar-refractivity contribution in [1.29, 1.82) is 0 Å². The minimum absolute atomic E-state index is 0.0398. The van der Waals surface area contributed by atoms with Gasteiger partial charge in [0.2, 0.25) is 15.9 Å². The van der Waals surface area contributed by atoms with E-state index in [4.69, 9.17) is 9.47 Å². The van der Waals surface area contributed by atoms with Crippen molar-refractivity contribution in [3.05, 3.63) is 29.8 Å². The number of hydrogen-bond donors (Lipinski definition) is 1. The van der Waals surface area contributed by atoms with Crippen molar-refractivity contribution in [1.82, 2.24) is 9.62 Å². The number of carbonyl (C=O) groups excluding carboxylic acids is 1. The van der Waals surface area contributed by atoms with Gasteiger partial charge in [-0.2, -0.15) is 0 Å². The van der Waals surface area contributed by atoms with Gasteiger partial charge in [0.05, 0.1) is 25.5 Å². The van der Waals surface area contributed by atoms with Crippen molar-refractivity contribution < 1.29 is 22.7 Å². The van der Waals surface area contributed by atoms with E-state index in [9.17, 15) is 13.2 Å². The Kier molecular flexibility index (Phi) is 8.72. The number of para-hydroxylation sites is 1. The number of piperidine rings is 1. The summed E-state index contributed by atoms with van der Waals surface area (Å²) in [6, 6.07) is 7.28. The highest BCUT2D eigenvalue weighted by Crippen LogP contribution is 2.21. The van der Waals surface area contributed by atoms with Crippen molar-refractivity contribution >= 4 is 15.9 Å². The summed E-state index contributed by atoms with van der Waals surface area (Å²) < 4.78 is 37.0. The van der Waals surface area contributed by atoms with E-state index in [0.29, 0.717) is 32.6 Å². The van der Waals surface area contributed by atoms with Crippen LogP contribution < -0.4 is 9.46 Å². The molecule has 2 atom stereocenters. The molecule has 1 aromatic carbocycles. The fourth-order valence-corrected chi connectivity index (χ4v) is 4.40. The van der Waals surface area contributed by atoms with Gasteiger partial charge in [0.25, 0.3) is 0 Å². The first kappa shape index (κ1) is 22.6. The summed E-state index contributed by atoms with van der Waals surface area (Å²) in [5, 5.41) is 0. The molecule has 0 saturated carbocycles. The Hall–Kier alpha value is -1.64. The molecule has 1 aliphatic rings. The molecular formula is C20H32N2O5S. The number of sulfonamides is 1. The molecule has 1 fully saturated rings. The highest BCUT2D eigenvalue weighted by molar-refractivity contribution is 7.88. The summed E-state index contributed by atoms with van der Waals surface area (Å²) in [7, 11) is -1.77. The predicted molar refractivity (Wildman–Crippen MR) is 109 cm³/mol. The van der Waals surface area contributed by atoms with Crippen molar-refractivity contribution in [2.45, 2.75) is 51.1 Å². The fraction of sp³-hybridized carbons (Fsp3) is 0.650. The van der Waals surface area contributed by atoms with Crippen LogP contribution in [0.5, 0.6) is 5.75 Å². The van der Waals surface area contributed by atoms with Crippen molar-refractivity contribution in [3.8, 4) is 5.75 Å². The Balaban J connectivity index is 1.83. The zero-order chi connectivity index (χ0) is 20.6. The van der Waals surface area contributed by atoms with Crippen LogP contribution in [0.25, 0.3) is 0 Å². The Morgan fingerprint density at radius 1 is 1.29 bits per heavy atom. The van der Waals surface area contributed by atoms with Gasteiger partial charge >= 0.3 is 0 Å². The monoisotopic (exact) mass is 412 g/mol. The van der Waals surface area contributed by atoms with E-state index in [1.165, 1.54) is 0 Å². The molecule has 1 amide bonds. The Morgan fingerprint density at radius 3 is 2.71 bits per heavy atom. The lowest BCUT2D eigenvalue weighted by Gasteiger charge is -2.41. The number of carbonyl (C=O) groups is 1. The van der Waals surface area contributed by atoms with Gasteiger partial charge in [0.15, 0.2) is 0 Å². The number of ether oxygens (including phenoxy) is 2. The van der Waals surface area contributed by atoms with E-state index in [1.807, 2.05) is 31.2 Å². The molecular weight excluding hydrogens is 380 g/mol. The third-order valence-electron chi connectivity index (χ3n) is 4.94. The second kappa shape index (κ2) is 10.8. The van der Waals surface area contributed by atoms with Crippen molar-refractivity contribution in [3.63, 3.8) is 0 Å². The first-order valence-corrected chi connectivity index (χ1v) is 11.6. The minimum atomic E-state index is -3.34. The summed E-state index contributed by atoms with van der Waals surface area (Å²) in [5.41, 5.74) is 1.10. The maximum absolute atomic E-state index is 12.7. The van der Waals surface area contributed by atoms with Crippen LogP contribution in [0.1, 0.15) is 37.7 Å². The normalized spacial score (nSPS) is 20.2. The lowest BCUT2D eigenvalue weighted by molar-refractivity contribution is -0.137. The minimum Gasteiger partial charge on any atom is -0.493 e. The number of nitrogens with one attached hydrogen (secondary N) is 1. The molecule has 2 rings (SSSR count). The number of amides is 1. The van der Waals surface area contributed by atoms with E-state index >= 15 is 0 Å². The number of rotatable bonds is 10. The van der Waals surface area contributed by atoms with Gasteiger partial charge in [0.1, 0.15) is 5.75 Å². The van der Waals surface area contributed by atoms with Gasteiger partial charge in [-0.15, -0.1) is 0 Å². The van der Waals surface area contributed by atoms with E-state index in [1.54, 1.807) is 12.0 Å². The third kappa shape index (κ3) is 7.07. The molecule has 1 aliphatic heterocycles. The number of benzene rings is 1. The molecule has 1 saturated heterocycles. The van der Waals surface area contributed by atoms with E-state index in [-0.39, 0.29) is 18.0 Å². The smallest absolute Gasteiger partial charge is 0.222 e. The number of methoxy groups -OCH3 is 1. The molecule has 8 heteroatoms. The molecule has 1 N–H and O–H groups in total. The first-order chi connectivity index (χ1) is 13.3. The molecule has 7 nitrogen and oxygen atoms in total. The molecule has 158 valence electrons. The topological polar surface area (TPSA) is 84.9 Å². The number of nitrogens with zero attached hydrogens (tertiary/aromatic N) is 1. The average Bonchev–Trinajstić information content (AvgIpc) is 2.63. The van der Waals surface area contributed by atoms with Gasteiger partial charge in [-0.25, -0.2) is 13.1 Å². The first-order valence-electron chi connectivity index (χ1n) is 9.76. The van der Waals surface area contributed by atoms with Crippen LogP contribution in [0.2, 0.25) is 0 Å². The molecule has 28 heavy (non-hydrogen) atoms. The van der Waals surface area contributed by atoms with Gasteiger partial charge in [-0.1, -0.05) is 18.2 Å². The average molecular weight is 413 g/mol. The van der Waals surface area contributed by atoms with Gasteiger partial charge in [-0.3, -0.25) is 4.79 Å². The van der Waals surface area contributed by atoms with Crippen LogP contribution in [-0.4, -0.2) is 64.4 Å². The fourth-order valence-electron chi connectivity index (χ4n) is 3.58. The van der Waals surface area contributed by atoms with Crippen LogP contribution in [-0.2, 0) is 19.6 Å². The molecule has 0 bridgehead atoms. The zero-order valence-electron chi connectivity index (χ0n) is 17.0. The zero-order valence-corrected chi connectivity index (χ0v) is 17.8. The second-order valence-electron chi connectivity index (χ2n) is 7.32. The molecule has 1 heterocycles. The molecule has 0 spiro atoms. The largest absolute Gasteiger partial charge is 0.493 e. The maximum atomic E-state index is 12.7. The van der Waals surface area contributed by atoms with Gasteiger partial charge < -0.3 is 14.4 Å². The lowest BCUT2D eigenvalue weighted by atomic mass is 9.96. The Bertz CT molecular complexity index is 738. The van der Waals surface area contributed by atoms with E-state index in [2.05, 4.69) is 4.72 Å². The molecule has 1 unspecified atom stereocenters. The Morgan fingerprint density at radius 2 is 2.04 bits per heavy atom. The predicted octanol–water partition coefficient (Wildman–Crippen LogP) is 2.10.